The Kier molecular flexibility index (Phi) is 6.11. The van der Waals surface area contributed by atoms with Crippen LogP contribution in [0.2, 0.25) is 0 Å². The van der Waals surface area contributed by atoms with Gasteiger partial charge in [-0.05, 0) is 39.3 Å². The Morgan fingerprint density at radius 2 is 1.90 bits per heavy atom. The third-order valence-electron chi connectivity index (χ3n) is 2.75. The molecular formula is C15H21NO4S. The first-order valence-electron chi connectivity index (χ1n) is 6.66. The average molecular weight is 311 g/mol. The predicted octanol–water partition coefficient (Wildman–Crippen LogP) is 2.17. The van der Waals surface area contributed by atoms with Gasteiger partial charge in [-0.3, -0.25) is 4.79 Å². The van der Waals surface area contributed by atoms with Crippen molar-refractivity contribution in [2.24, 2.45) is 0 Å². The Labute approximate surface area is 126 Å². The van der Waals surface area contributed by atoms with Crippen LogP contribution >= 0.6 is 0 Å². The zero-order valence-corrected chi connectivity index (χ0v) is 13.4. The van der Waals surface area contributed by atoms with Gasteiger partial charge in [0.2, 0.25) is 10.0 Å². The molecule has 0 radical (unpaired) electrons. The summed E-state index contributed by atoms with van der Waals surface area (Å²) in [5.41, 5.74) is 1.65. The van der Waals surface area contributed by atoms with Crippen LogP contribution in [0.4, 0.5) is 0 Å². The van der Waals surface area contributed by atoms with Crippen LogP contribution in [0.15, 0.2) is 41.3 Å². The first-order valence-corrected chi connectivity index (χ1v) is 8.14. The summed E-state index contributed by atoms with van der Waals surface area (Å²) < 4.78 is 31.9. The van der Waals surface area contributed by atoms with Gasteiger partial charge in [-0.2, -0.15) is 4.72 Å². The molecule has 0 fully saturated rings. The number of hydrogen-bond acceptors (Lipinski definition) is 4. The van der Waals surface area contributed by atoms with Gasteiger partial charge in [-0.1, -0.05) is 23.3 Å². The van der Waals surface area contributed by atoms with E-state index in [9.17, 15) is 13.2 Å². The molecule has 1 aromatic rings. The number of ether oxygens (including phenoxy) is 1. The van der Waals surface area contributed by atoms with E-state index < -0.39 is 22.0 Å². The monoisotopic (exact) mass is 311 g/mol. The van der Waals surface area contributed by atoms with Crippen molar-refractivity contribution in [3.05, 3.63) is 42.0 Å². The van der Waals surface area contributed by atoms with Crippen molar-refractivity contribution in [3.63, 3.8) is 0 Å². The SMILES string of the molecule is C=C(C)CC(NS(=O)(=O)c1ccc(C)cc1)C(=O)OCC. The molecule has 0 aliphatic rings. The zero-order chi connectivity index (χ0) is 16.0. The van der Waals surface area contributed by atoms with E-state index in [1.54, 1.807) is 26.0 Å². The molecular weight excluding hydrogens is 290 g/mol. The highest BCUT2D eigenvalue weighted by molar-refractivity contribution is 7.89. The maximum atomic E-state index is 12.3. The van der Waals surface area contributed by atoms with E-state index in [4.69, 9.17) is 4.74 Å². The molecule has 116 valence electrons. The normalized spacial score (nSPS) is 12.7. The molecule has 1 atom stereocenters. The van der Waals surface area contributed by atoms with E-state index in [-0.39, 0.29) is 17.9 Å². The lowest BCUT2D eigenvalue weighted by atomic mass is 10.1. The molecule has 0 saturated heterocycles. The van der Waals surface area contributed by atoms with E-state index in [1.165, 1.54) is 12.1 Å². The molecule has 1 rings (SSSR count). The molecule has 0 heterocycles. The number of hydrogen-bond donors (Lipinski definition) is 1. The van der Waals surface area contributed by atoms with Crippen LogP contribution in [0.25, 0.3) is 0 Å². The summed E-state index contributed by atoms with van der Waals surface area (Å²) in [6.07, 6.45) is 0.198. The van der Waals surface area contributed by atoms with Crippen LogP contribution in [-0.4, -0.2) is 27.0 Å². The molecule has 0 amide bonds. The lowest BCUT2D eigenvalue weighted by molar-refractivity contribution is -0.145. The molecule has 0 aliphatic carbocycles. The lowest BCUT2D eigenvalue weighted by Gasteiger charge is -2.17. The number of aryl methyl sites for hydroxylation is 1. The molecule has 1 unspecified atom stereocenters. The van der Waals surface area contributed by atoms with Gasteiger partial charge in [0.1, 0.15) is 6.04 Å². The van der Waals surface area contributed by atoms with Gasteiger partial charge in [0.05, 0.1) is 11.5 Å². The molecule has 0 spiro atoms. The lowest BCUT2D eigenvalue weighted by Crippen LogP contribution is -2.41. The third-order valence-corrected chi connectivity index (χ3v) is 4.24. The molecule has 0 aromatic heterocycles. The first kappa shape index (κ1) is 17.4. The fourth-order valence-electron chi connectivity index (χ4n) is 1.74. The highest BCUT2D eigenvalue weighted by atomic mass is 32.2. The molecule has 1 aromatic carbocycles. The minimum atomic E-state index is -3.78. The number of nitrogens with one attached hydrogen (secondary N) is 1. The van der Waals surface area contributed by atoms with Gasteiger partial charge in [-0.15, -0.1) is 6.58 Å². The number of carbonyl (C=O) groups is 1. The number of esters is 1. The molecule has 0 aliphatic heterocycles. The van der Waals surface area contributed by atoms with Crippen molar-refractivity contribution in [3.8, 4) is 0 Å². The minimum Gasteiger partial charge on any atom is -0.465 e. The number of benzene rings is 1. The summed E-state index contributed by atoms with van der Waals surface area (Å²) in [5.74, 6) is -0.601. The fourth-order valence-corrected chi connectivity index (χ4v) is 2.92. The van der Waals surface area contributed by atoms with Crippen molar-refractivity contribution < 1.29 is 17.9 Å². The smallest absolute Gasteiger partial charge is 0.324 e. The summed E-state index contributed by atoms with van der Waals surface area (Å²) in [6, 6.07) is 5.44. The largest absolute Gasteiger partial charge is 0.465 e. The maximum Gasteiger partial charge on any atom is 0.324 e. The van der Waals surface area contributed by atoms with Crippen LogP contribution in [-0.2, 0) is 19.6 Å². The quantitative estimate of drug-likeness (QED) is 0.619. The van der Waals surface area contributed by atoms with Gasteiger partial charge < -0.3 is 4.74 Å². The van der Waals surface area contributed by atoms with Crippen LogP contribution in [0.5, 0.6) is 0 Å². The standard InChI is InChI=1S/C15H21NO4S/c1-5-20-15(17)14(10-11(2)3)16-21(18,19)13-8-6-12(4)7-9-13/h6-9,14,16H,2,5,10H2,1,3-4H3. The van der Waals surface area contributed by atoms with Crippen molar-refractivity contribution in [1.82, 2.24) is 4.72 Å². The summed E-state index contributed by atoms with van der Waals surface area (Å²) in [6.45, 7) is 9.17. The topological polar surface area (TPSA) is 72.5 Å². The van der Waals surface area contributed by atoms with Crippen LogP contribution < -0.4 is 4.72 Å². The van der Waals surface area contributed by atoms with E-state index in [0.717, 1.165) is 5.56 Å². The second kappa shape index (κ2) is 7.38. The molecule has 0 bridgehead atoms. The van der Waals surface area contributed by atoms with Crippen molar-refractivity contribution in [2.45, 2.75) is 38.1 Å². The summed E-state index contributed by atoms with van der Waals surface area (Å²) in [4.78, 5) is 12.0. The first-order chi connectivity index (χ1) is 9.76. The van der Waals surface area contributed by atoms with Gasteiger partial charge in [0.15, 0.2) is 0 Å². The third kappa shape index (κ3) is 5.32. The van der Waals surface area contributed by atoms with E-state index >= 15 is 0 Å². The second-order valence-corrected chi connectivity index (χ2v) is 6.61. The minimum absolute atomic E-state index is 0.115. The van der Waals surface area contributed by atoms with Gasteiger partial charge in [0.25, 0.3) is 0 Å². The molecule has 1 N–H and O–H groups in total. The van der Waals surface area contributed by atoms with Crippen molar-refractivity contribution >= 4 is 16.0 Å². The maximum absolute atomic E-state index is 12.3. The highest BCUT2D eigenvalue weighted by Gasteiger charge is 2.26. The summed E-state index contributed by atoms with van der Waals surface area (Å²) in [5, 5.41) is 0. The predicted molar refractivity (Wildman–Crippen MR) is 81.4 cm³/mol. The number of carbonyl (C=O) groups excluding carboxylic acids is 1. The molecule has 21 heavy (non-hydrogen) atoms. The van der Waals surface area contributed by atoms with Gasteiger partial charge in [-0.25, -0.2) is 8.42 Å². The van der Waals surface area contributed by atoms with Gasteiger partial charge >= 0.3 is 5.97 Å². The van der Waals surface area contributed by atoms with Crippen LogP contribution in [0.3, 0.4) is 0 Å². The molecule has 0 saturated carbocycles. The number of rotatable bonds is 7. The second-order valence-electron chi connectivity index (χ2n) is 4.90. The van der Waals surface area contributed by atoms with Gasteiger partial charge in [0, 0.05) is 0 Å². The van der Waals surface area contributed by atoms with Crippen molar-refractivity contribution in [2.75, 3.05) is 6.61 Å². The van der Waals surface area contributed by atoms with E-state index in [0.29, 0.717) is 5.57 Å². The van der Waals surface area contributed by atoms with Crippen molar-refractivity contribution in [1.29, 1.82) is 0 Å². The Morgan fingerprint density at radius 3 is 2.38 bits per heavy atom. The molecule has 6 heteroatoms. The Balaban J connectivity index is 2.97. The van der Waals surface area contributed by atoms with E-state index in [2.05, 4.69) is 11.3 Å². The molecule has 5 nitrogen and oxygen atoms in total. The summed E-state index contributed by atoms with van der Waals surface area (Å²) >= 11 is 0. The van der Waals surface area contributed by atoms with Crippen LogP contribution in [0, 0.1) is 6.92 Å². The fraction of sp³-hybridized carbons (Fsp3) is 0.400. The Bertz CT molecular complexity index is 605. The summed E-state index contributed by atoms with van der Waals surface area (Å²) in [7, 11) is -3.78. The zero-order valence-electron chi connectivity index (χ0n) is 12.5. The Hall–Kier alpha value is -1.66. The van der Waals surface area contributed by atoms with E-state index in [1.807, 2.05) is 6.92 Å². The average Bonchev–Trinajstić information content (AvgIpc) is 2.38. The highest BCUT2D eigenvalue weighted by Crippen LogP contribution is 2.13. The Morgan fingerprint density at radius 1 is 1.33 bits per heavy atom. The van der Waals surface area contributed by atoms with Crippen LogP contribution in [0.1, 0.15) is 25.8 Å². The number of sulfonamides is 1.